The lowest BCUT2D eigenvalue weighted by molar-refractivity contribution is 0.401. The van der Waals surface area contributed by atoms with Gasteiger partial charge in [-0.2, -0.15) is 0 Å². The Balaban J connectivity index is 3.07. The van der Waals surface area contributed by atoms with Gasteiger partial charge >= 0.3 is 0 Å². The minimum atomic E-state index is -1.63. The Morgan fingerprint density at radius 1 is 0.686 bits per heavy atom. The molecule has 4 heteroatoms. The Bertz CT molecular complexity index is 914. The highest BCUT2D eigenvalue weighted by Gasteiger charge is 2.66. The molecule has 1 aliphatic rings. The minimum absolute atomic E-state index is 0.0422. The molecule has 1 aliphatic heterocycles. The van der Waals surface area contributed by atoms with Crippen LogP contribution < -0.4 is 0 Å². The summed E-state index contributed by atoms with van der Waals surface area (Å²) in [4.78, 5) is 0. The van der Waals surface area contributed by atoms with Crippen LogP contribution >= 0.6 is 14.7 Å². The van der Waals surface area contributed by atoms with E-state index < -0.39 is 6.89 Å². The fourth-order valence-corrected chi connectivity index (χ4v) is 20.6. The topological polar surface area (TPSA) is 15.4 Å². The van der Waals surface area contributed by atoms with Crippen molar-refractivity contribution in [3.8, 4) is 0 Å². The average Bonchev–Trinajstić information content (AvgIpc) is 3.37. The van der Waals surface area contributed by atoms with Crippen LogP contribution in [-0.2, 0) is 16.2 Å². The molecule has 1 saturated heterocycles. The Labute approximate surface area is 221 Å². The largest absolute Gasteiger partial charge is 0.246 e. The summed E-state index contributed by atoms with van der Waals surface area (Å²) in [5.74, 6) is 0. The van der Waals surface area contributed by atoms with Gasteiger partial charge in [0.25, 0.3) is 0 Å². The molecule has 0 spiro atoms. The van der Waals surface area contributed by atoms with Crippen molar-refractivity contribution >= 4 is 20.3 Å². The molecule has 1 fully saturated rings. The molecule has 35 heavy (non-hydrogen) atoms. The molecule has 202 valence electrons. The van der Waals surface area contributed by atoms with Gasteiger partial charge in [-0.25, -0.2) is 9.19 Å². The van der Waals surface area contributed by atoms with Crippen LogP contribution in [0, 0.1) is 0 Å². The Kier molecular flexibility index (Phi) is 8.75. The maximum absolute atomic E-state index is 6.08. The van der Waals surface area contributed by atoms with Crippen molar-refractivity contribution in [2.45, 2.75) is 157 Å². The molecule has 0 saturated carbocycles. The fraction of sp³-hybridized carbons (Fsp3) is 0.806. The van der Waals surface area contributed by atoms with Crippen LogP contribution in [0.25, 0.3) is 0 Å². The van der Waals surface area contributed by atoms with Crippen molar-refractivity contribution in [2.75, 3.05) is 6.16 Å². The van der Waals surface area contributed by atoms with Crippen LogP contribution in [0.2, 0.25) is 0 Å². The van der Waals surface area contributed by atoms with Crippen molar-refractivity contribution in [1.29, 1.82) is 0 Å². The van der Waals surface area contributed by atoms with Crippen molar-refractivity contribution in [3.05, 3.63) is 28.8 Å². The summed E-state index contributed by atoms with van der Waals surface area (Å²) in [5.41, 5.74) is 5.99. The maximum atomic E-state index is 6.08. The van der Waals surface area contributed by atoms with Crippen LogP contribution in [0.3, 0.4) is 0 Å². The van der Waals surface area contributed by atoms with Gasteiger partial charge in [-0.05, 0) is 79.1 Å². The van der Waals surface area contributed by atoms with E-state index in [1.807, 2.05) is 0 Å². The van der Waals surface area contributed by atoms with Gasteiger partial charge in [0.05, 0.1) is 12.6 Å². The number of hydrogen-bond acceptors (Lipinski definition) is 1. The first-order chi connectivity index (χ1) is 15.7. The lowest BCUT2D eigenvalue weighted by atomic mass is 9.74. The molecule has 0 aromatic heterocycles. The van der Waals surface area contributed by atoms with E-state index in [1.165, 1.54) is 47.8 Å². The summed E-state index contributed by atoms with van der Waals surface area (Å²) in [6.45, 7) is 36.7. The standard InChI is InChI=1S/C31H58N2P2/c1-17-31(18-2,19-3)34-33(30(14,15)16)35(34,20-4)32-26-24(28(8,9)10)21-23(27(5,6)7)22-25(26)29(11,12)13/h21-22H,17-20H2,1-16H3/t33?,34-,35-/m1/s1. The normalized spacial score (nSPS) is 24.0. The van der Waals surface area contributed by atoms with E-state index in [-0.39, 0.29) is 29.5 Å². The molecule has 1 aromatic rings. The Morgan fingerprint density at radius 2 is 1.09 bits per heavy atom. The first-order valence-electron chi connectivity index (χ1n) is 14.1. The zero-order valence-electron chi connectivity index (χ0n) is 26.3. The second kappa shape index (κ2) is 9.86. The SMILES string of the molecule is CCC(CC)(CC)[P@]1N(C(C)(C)C)[P@@]1(CC)=Nc1c(C(C)(C)C)cc(C(C)(C)C)cc1C(C)(C)C. The summed E-state index contributed by atoms with van der Waals surface area (Å²) in [6, 6.07) is 5.00. The predicted molar refractivity (Wildman–Crippen MR) is 164 cm³/mol. The van der Waals surface area contributed by atoms with E-state index in [9.17, 15) is 0 Å². The van der Waals surface area contributed by atoms with Crippen LogP contribution in [0.5, 0.6) is 0 Å². The number of hydrogen-bond donors (Lipinski definition) is 0. The molecule has 0 N–H and O–H groups in total. The summed E-state index contributed by atoms with van der Waals surface area (Å²) in [7, 11) is -0.270. The Hall–Kier alpha value is -0.160. The molecule has 3 atom stereocenters. The first kappa shape index (κ1) is 31.1. The minimum Gasteiger partial charge on any atom is -0.246 e. The molecular formula is C31H58N2P2. The number of nitrogens with zero attached hydrogens (tertiary/aromatic N) is 2. The molecule has 2 nitrogen and oxygen atoms in total. The Morgan fingerprint density at radius 3 is 1.34 bits per heavy atom. The second-order valence-corrected chi connectivity index (χ2v) is 22.7. The van der Waals surface area contributed by atoms with Gasteiger partial charge in [0.1, 0.15) is 0 Å². The van der Waals surface area contributed by atoms with Crippen LogP contribution in [0.4, 0.5) is 5.69 Å². The van der Waals surface area contributed by atoms with Crippen molar-refractivity contribution in [1.82, 2.24) is 4.44 Å². The second-order valence-electron chi connectivity index (χ2n) is 14.8. The predicted octanol–water partition coefficient (Wildman–Crippen LogP) is 11.7. The summed E-state index contributed by atoms with van der Waals surface area (Å²) in [6.07, 6.45) is 4.97. The van der Waals surface area contributed by atoms with Crippen molar-refractivity contribution < 1.29 is 0 Å². The van der Waals surface area contributed by atoms with E-state index in [0.29, 0.717) is 5.16 Å². The highest BCUT2D eigenvalue weighted by molar-refractivity contribution is 8.46. The monoisotopic (exact) mass is 520 g/mol. The smallest absolute Gasteiger partial charge is 0.0789 e. The third-order valence-electron chi connectivity index (χ3n) is 8.03. The van der Waals surface area contributed by atoms with E-state index in [1.54, 1.807) is 0 Å². The molecule has 0 amide bonds. The van der Waals surface area contributed by atoms with E-state index in [0.717, 1.165) is 0 Å². The van der Waals surface area contributed by atoms with E-state index in [4.69, 9.17) is 4.74 Å². The van der Waals surface area contributed by atoms with Crippen LogP contribution in [0.1, 0.15) is 147 Å². The number of benzene rings is 1. The molecule has 0 bridgehead atoms. The summed E-state index contributed by atoms with van der Waals surface area (Å²) >= 11 is 0. The van der Waals surface area contributed by atoms with E-state index >= 15 is 0 Å². The lowest BCUT2D eigenvalue weighted by Gasteiger charge is -2.33. The van der Waals surface area contributed by atoms with Gasteiger partial charge in [0.2, 0.25) is 0 Å². The van der Waals surface area contributed by atoms with Crippen LogP contribution in [0.15, 0.2) is 16.9 Å². The zero-order valence-corrected chi connectivity index (χ0v) is 28.1. The molecular weight excluding hydrogens is 462 g/mol. The lowest BCUT2D eigenvalue weighted by Crippen LogP contribution is -2.28. The third kappa shape index (κ3) is 5.81. The first-order valence-corrected chi connectivity index (χ1v) is 18.0. The van der Waals surface area contributed by atoms with Gasteiger partial charge in [0, 0.05) is 18.5 Å². The van der Waals surface area contributed by atoms with Gasteiger partial charge in [0.15, 0.2) is 0 Å². The molecule has 0 aliphatic carbocycles. The highest BCUT2D eigenvalue weighted by atomic mass is 32.1. The van der Waals surface area contributed by atoms with Crippen LogP contribution in [-0.4, -0.2) is 21.3 Å². The molecule has 1 aromatic carbocycles. The van der Waals surface area contributed by atoms with Gasteiger partial charge in [-0.3, -0.25) is 0 Å². The zero-order chi connectivity index (χ0) is 27.4. The summed E-state index contributed by atoms with van der Waals surface area (Å²) < 4.78 is 9.03. The fourth-order valence-electron chi connectivity index (χ4n) is 5.59. The quantitative estimate of drug-likeness (QED) is 0.269. The number of rotatable bonds is 6. The molecule has 1 heterocycles. The average molecular weight is 521 g/mol. The van der Waals surface area contributed by atoms with Gasteiger partial charge in [-0.15, -0.1) is 0 Å². The molecule has 1 unspecified atom stereocenters. The van der Waals surface area contributed by atoms with E-state index in [2.05, 4.69) is 127 Å². The van der Waals surface area contributed by atoms with Crippen molar-refractivity contribution in [2.24, 2.45) is 4.74 Å². The van der Waals surface area contributed by atoms with Gasteiger partial charge in [-0.1, -0.05) is 102 Å². The molecule has 2 rings (SSSR count). The van der Waals surface area contributed by atoms with Crippen molar-refractivity contribution in [3.63, 3.8) is 0 Å². The summed E-state index contributed by atoms with van der Waals surface area (Å²) in [5, 5.41) is 0.408. The van der Waals surface area contributed by atoms with Gasteiger partial charge < -0.3 is 0 Å². The molecule has 0 radical (unpaired) electrons. The third-order valence-corrected chi connectivity index (χ3v) is 19.8. The maximum Gasteiger partial charge on any atom is 0.0789 e. The highest BCUT2D eigenvalue weighted by Crippen LogP contribution is 3.07.